The molecule has 0 aromatic rings. The maximum atomic E-state index is 12.2. The van der Waals surface area contributed by atoms with E-state index in [1.165, 1.54) is 4.90 Å². The standard InChI is InChI=1S/C9H15F3N2O/c1-6-3-2-4-14(5-6)8(15)7(13)9(10,11)12/h6-7H,2-5,13H2,1H3. The maximum Gasteiger partial charge on any atom is 0.412 e. The fourth-order valence-electron chi connectivity index (χ4n) is 1.73. The second kappa shape index (κ2) is 4.38. The van der Waals surface area contributed by atoms with Crippen molar-refractivity contribution in [1.29, 1.82) is 0 Å². The minimum atomic E-state index is -4.64. The van der Waals surface area contributed by atoms with Gasteiger partial charge >= 0.3 is 6.18 Å². The Morgan fingerprint density at radius 3 is 2.60 bits per heavy atom. The molecular weight excluding hydrogens is 209 g/mol. The minimum Gasteiger partial charge on any atom is -0.341 e. The van der Waals surface area contributed by atoms with Gasteiger partial charge in [0.2, 0.25) is 5.91 Å². The third-order valence-electron chi connectivity index (χ3n) is 2.59. The third-order valence-corrected chi connectivity index (χ3v) is 2.59. The van der Waals surface area contributed by atoms with Gasteiger partial charge in [0, 0.05) is 13.1 Å². The molecule has 2 atom stereocenters. The number of carbonyl (C=O) groups excluding carboxylic acids is 1. The third kappa shape index (κ3) is 3.09. The van der Waals surface area contributed by atoms with Gasteiger partial charge in [-0.1, -0.05) is 6.92 Å². The first-order valence-electron chi connectivity index (χ1n) is 4.93. The van der Waals surface area contributed by atoms with Crippen molar-refractivity contribution in [2.24, 2.45) is 11.7 Å². The van der Waals surface area contributed by atoms with E-state index in [0.717, 1.165) is 12.8 Å². The van der Waals surface area contributed by atoms with Gasteiger partial charge < -0.3 is 10.6 Å². The second-order valence-electron chi connectivity index (χ2n) is 4.05. The van der Waals surface area contributed by atoms with Crippen molar-refractivity contribution in [3.05, 3.63) is 0 Å². The summed E-state index contributed by atoms with van der Waals surface area (Å²) in [6.45, 7) is 2.67. The minimum absolute atomic E-state index is 0.253. The molecule has 0 aromatic carbocycles. The van der Waals surface area contributed by atoms with E-state index in [0.29, 0.717) is 13.1 Å². The molecule has 3 nitrogen and oxygen atoms in total. The molecule has 0 radical (unpaired) electrons. The largest absolute Gasteiger partial charge is 0.412 e. The Morgan fingerprint density at radius 2 is 2.13 bits per heavy atom. The number of amides is 1. The van der Waals surface area contributed by atoms with Gasteiger partial charge in [-0.2, -0.15) is 13.2 Å². The average molecular weight is 224 g/mol. The zero-order valence-corrected chi connectivity index (χ0v) is 8.55. The summed E-state index contributed by atoms with van der Waals surface area (Å²) in [5, 5.41) is 0. The van der Waals surface area contributed by atoms with Crippen LogP contribution in [0.1, 0.15) is 19.8 Å². The fraction of sp³-hybridized carbons (Fsp3) is 0.889. The Morgan fingerprint density at radius 1 is 1.53 bits per heavy atom. The molecule has 1 saturated heterocycles. The van der Waals surface area contributed by atoms with E-state index in [1.807, 2.05) is 6.92 Å². The molecule has 88 valence electrons. The first-order valence-corrected chi connectivity index (χ1v) is 4.93. The molecule has 15 heavy (non-hydrogen) atoms. The van der Waals surface area contributed by atoms with E-state index < -0.39 is 18.1 Å². The molecule has 1 heterocycles. The molecule has 1 fully saturated rings. The number of likely N-dealkylation sites (tertiary alicyclic amines) is 1. The molecular formula is C9H15F3N2O. The number of nitrogens with two attached hydrogens (primary N) is 1. The first-order chi connectivity index (χ1) is 6.82. The smallest absolute Gasteiger partial charge is 0.341 e. The van der Waals surface area contributed by atoms with Crippen LogP contribution in [-0.2, 0) is 4.79 Å². The summed E-state index contributed by atoms with van der Waals surface area (Å²) < 4.78 is 36.5. The molecule has 1 amide bonds. The first kappa shape index (κ1) is 12.3. The zero-order chi connectivity index (χ0) is 11.6. The van der Waals surface area contributed by atoms with Crippen molar-refractivity contribution in [3.63, 3.8) is 0 Å². The summed E-state index contributed by atoms with van der Waals surface area (Å²) in [6.07, 6.45) is -2.94. The Bertz CT molecular complexity index is 242. The van der Waals surface area contributed by atoms with Crippen LogP contribution in [0, 0.1) is 5.92 Å². The highest BCUT2D eigenvalue weighted by Crippen LogP contribution is 2.22. The predicted molar refractivity (Wildman–Crippen MR) is 49.0 cm³/mol. The number of carbonyl (C=O) groups is 1. The molecule has 2 N–H and O–H groups in total. The Hall–Kier alpha value is -0.780. The highest BCUT2D eigenvalue weighted by Gasteiger charge is 2.44. The van der Waals surface area contributed by atoms with Crippen LogP contribution in [0.25, 0.3) is 0 Å². The van der Waals surface area contributed by atoms with E-state index in [9.17, 15) is 18.0 Å². The Labute approximate surface area is 86.4 Å². The van der Waals surface area contributed by atoms with E-state index in [1.54, 1.807) is 0 Å². The van der Waals surface area contributed by atoms with E-state index >= 15 is 0 Å². The number of rotatable bonds is 1. The molecule has 0 bridgehead atoms. The normalized spacial score (nSPS) is 25.1. The number of nitrogens with zero attached hydrogens (tertiary/aromatic N) is 1. The molecule has 0 spiro atoms. The van der Waals surface area contributed by atoms with Gasteiger partial charge in [-0.3, -0.25) is 4.79 Å². The summed E-state index contributed by atoms with van der Waals surface area (Å²) in [4.78, 5) is 12.6. The quantitative estimate of drug-likeness (QED) is 0.725. The van der Waals surface area contributed by atoms with Crippen LogP contribution < -0.4 is 5.73 Å². The molecule has 0 saturated carbocycles. The Balaban J connectivity index is 2.60. The van der Waals surface area contributed by atoms with Crippen molar-refractivity contribution in [1.82, 2.24) is 4.90 Å². The Kier molecular flexibility index (Phi) is 3.59. The number of halogens is 3. The van der Waals surface area contributed by atoms with Crippen LogP contribution in [0.5, 0.6) is 0 Å². The van der Waals surface area contributed by atoms with E-state index in [-0.39, 0.29) is 5.92 Å². The highest BCUT2D eigenvalue weighted by atomic mass is 19.4. The van der Waals surface area contributed by atoms with Crippen LogP contribution >= 0.6 is 0 Å². The fourth-order valence-corrected chi connectivity index (χ4v) is 1.73. The van der Waals surface area contributed by atoms with E-state index in [4.69, 9.17) is 5.73 Å². The summed E-state index contributed by atoms with van der Waals surface area (Å²) in [5.41, 5.74) is 4.85. The van der Waals surface area contributed by atoms with Crippen LogP contribution in [0.15, 0.2) is 0 Å². The SMILES string of the molecule is CC1CCCN(C(=O)C(N)C(F)(F)F)C1. The van der Waals surface area contributed by atoms with Gasteiger partial charge in [0.1, 0.15) is 0 Å². The summed E-state index contributed by atoms with van der Waals surface area (Å²) in [5.74, 6) is -0.753. The monoisotopic (exact) mass is 224 g/mol. The summed E-state index contributed by atoms with van der Waals surface area (Å²) in [6, 6.07) is -2.37. The maximum absolute atomic E-state index is 12.2. The summed E-state index contributed by atoms with van der Waals surface area (Å²) >= 11 is 0. The topological polar surface area (TPSA) is 46.3 Å². The van der Waals surface area contributed by atoms with Crippen LogP contribution in [0.2, 0.25) is 0 Å². The van der Waals surface area contributed by atoms with Gasteiger partial charge in [0.15, 0.2) is 6.04 Å². The van der Waals surface area contributed by atoms with Crippen molar-refractivity contribution in [2.75, 3.05) is 13.1 Å². The molecule has 0 aromatic heterocycles. The molecule has 1 rings (SSSR count). The van der Waals surface area contributed by atoms with Crippen molar-refractivity contribution < 1.29 is 18.0 Å². The molecule has 1 aliphatic rings. The lowest BCUT2D eigenvalue weighted by atomic mass is 9.99. The van der Waals surface area contributed by atoms with Gasteiger partial charge in [0.25, 0.3) is 0 Å². The van der Waals surface area contributed by atoms with Gasteiger partial charge in [-0.15, -0.1) is 0 Å². The lowest BCUT2D eigenvalue weighted by Gasteiger charge is -2.33. The number of piperidine rings is 1. The molecule has 2 unspecified atom stereocenters. The number of hydrogen-bond donors (Lipinski definition) is 1. The predicted octanol–water partition coefficient (Wildman–Crippen LogP) is 1.13. The molecule has 1 aliphatic heterocycles. The van der Waals surface area contributed by atoms with Gasteiger partial charge in [-0.25, -0.2) is 0 Å². The van der Waals surface area contributed by atoms with Crippen molar-refractivity contribution >= 4 is 5.91 Å². The van der Waals surface area contributed by atoms with Crippen LogP contribution in [-0.4, -0.2) is 36.1 Å². The highest BCUT2D eigenvalue weighted by molar-refractivity contribution is 5.82. The molecule has 0 aliphatic carbocycles. The van der Waals surface area contributed by atoms with Crippen LogP contribution in [0.4, 0.5) is 13.2 Å². The summed E-state index contributed by atoms with van der Waals surface area (Å²) in [7, 11) is 0. The molecule has 6 heteroatoms. The second-order valence-corrected chi connectivity index (χ2v) is 4.05. The average Bonchev–Trinajstić information content (AvgIpc) is 2.14. The van der Waals surface area contributed by atoms with Crippen molar-refractivity contribution in [3.8, 4) is 0 Å². The number of alkyl halides is 3. The lowest BCUT2D eigenvalue weighted by Crippen LogP contribution is -2.53. The lowest BCUT2D eigenvalue weighted by molar-refractivity contribution is -0.171. The number of hydrogen-bond acceptors (Lipinski definition) is 2. The van der Waals surface area contributed by atoms with Gasteiger partial charge in [-0.05, 0) is 18.8 Å². The van der Waals surface area contributed by atoms with E-state index in [2.05, 4.69) is 0 Å². The zero-order valence-electron chi connectivity index (χ0n) is 8.55. The van der Waals surface area contributed by atoms with Gasteiger partial charge in [0.05, 0.1) is 0 Å². The van der Waals surface area contributed by atoms with Crippen LogP contribution in [0.3, 0.4) is 0 Å². The van der Waals surface area contributed by atoms with Crippen molar-refractivity contribution in [2.45, 2.75) is 32.0 Å².